The predicted molar refractivity (Wildman–Crippen MR) is 127 cm³/mol. The van der Waals surface area contributed by atoms with Gasteiger partial charge in [0.1, 0.15) is 11.0 Å². The van der Waals surface area contributed by atoms with Crippen LogP contribution < -0.4 is 5.32 Å². The number of rotatable bonds is 8. The number of aromatic amines is 1. The number of nitrogens with zero attached hydrogens (tertiary/aromatic N) is 1. The summed E-state index contributed by atoms with van der Waals surface area (Å²) in [4.78, 5) is 32.1. The van der Waals surface area contributed by atoms with Crippen LogP contribution in [-0.2, 0) is 22.4 Å². The molecule has 0 bridgehead atoms. The van der Waals surface area contributed by atoms with E-state index in [0.717, 1.165) is 27.0 Å². The second kappa shape index (κ2) is 9.36. The van der Waals surface area contributed by atoms with Gasteiger partial charge in [0.15, 0.2) is 0 Å². The smallest absolute Gasteiger partial charge is 0.326 e. The van der Waals surface area contributed by atoms with Crippen molar-refractivity contribution in [2.24, 2.45) is 0 Å². The van der Waals surface area contributed by atoms with Gasteiger partial charge in [0, 0.05) is 34.5 Å². The SMILES string of the molecule is CC(C)c1ccc(-c2nc(CC(=O)NC(Cc3c[nH]c4ccccc34)C(=O)O)cs2)cc1. The van der Waals surface area contributed by atoms with E-state index >= 15 is 0 Å². The van der Waals surface area contributed by atoms with Crippen LogP contribution in [0.1, 0.15) is 36.6 Å². The second-order valence-electron chi connectivity index (χ2n) is 8.12. The van der Waals surface area contributed by atoms with Crippen molar-refractivity contribution >= 4 is 34.1 Å². The fourth-order valence-corrected chi connectivity index (χ4v) is 4.49. The Morgan fingerprint density at radius 1 is 1.12 bits per heavy atom. The Balaban J connectivity index is 1.41. The molecule has 0 radical (unpaired) electrons. The number of hydrogen-bond acceptors (Lipinski definition) is 4. The Morgan fingerprint density at radius 3 is 2.59 bits per heavy atom. The van der Waals surface area contributed by atoms with Crippen LogP contribution in [0.25, 0.3) is 21.5 Å². The summed E-state index contributed by atoms with van der Waals surface area (Å²) >= 11 is 1.48. The zero-order chi connectivity index (χ0) is 22.7. The number of carboxylic acids is 1. The molecular weight excluding hydrogens is 422 g/mol. The first-order valence-corrected chi connectivity index (χ1v) is 11.4. The highest BCUT2D eigenvalue weighted by Gasteiger charge is 2.22. The van der Waals surface area contributed by atoms with E-state index in [1.54, 1.807) is 6.20 Å². The van der Waals surface area contributed by atoms with Gasteiger partial charge in [0.25, 0.3) is 0 Å². The highest BCUT2D eigenvalue weighted by Crippen LogP contribution is 2.26. The van der Waals surface area contributed by atoms with Crippen LogP contribution in [0, 0.1) is 0 Å². The molecule has 1 unspecified atom stereocenters. The molecule has 164 valence electrons. The third kappa shape index (κ3) is 4.89. The highest BCUT2D eigenvalue weighted by molar-refractivity contribution is 7.13. The molecule has 4 aromatic rings. The molecule has 2 heterocycles. The van der Waals surface area contributed by atoms with Crippen molar-refractivity contribution < 1.29 is 14.7 Å². The third-order valence-electron chi connectivity index (χ3n) is 5.45. The average Bonchev–Trinajstić information content (AvgIpc) is 3.40. The Labute approximate surface area is 190 Å². The lowest BCUT2D eigenvalue weighted by atomic mass is 10.0. The molecule has 1 amide bonds. The summed E-state index contributed by atoms with van der Waals surface area (Å²) in [5.41, 5.74) is 4.70. The standard InChI is InChI=1S/C25H25N3O3S/c1-15(2)16-7-9-17(10-8-16)24-27-19(14-32-24)12-23(29)28-22(25(30)31)11-18-13-26-21-6-4-3-5-20(18)21/h3-10,13-15,22,26H,11-12H2,1-2H3,(H,28,29)(H,30,31). The summed E-state index contributed by atoms with van der Waals surface area (Å²) in [5.74, 6) is -0.955. The van der Waals surface area contributed by atoms with Gasteiger partial charge in [-0.2, -0.15) is 0 Å². The summed E-state index contributed by atoms with van der Waals surface area (Å²) in [7, 11) is 0. The van der Waals surface area contributed by atoms with Crippen LogP contribution in [0.5, 0.6) is 0 Å². The van der Waals surface area contributed by atoms with E-state index in [4.69, 9.17) is 0 Å². The minimum absolute atomic E-state index is 0.0399. The summed E-state index contributed by atoms with van der Waals surface area (Å²) in [6.07, 6.45) is 2.04. The highest BCUT2D eigenvalue weighted by atomic mass is 32.1. The number of aromatic nitrogens is 2. The second-order valence-corrected chi connectivity index (χ2v) is 8.98. The number of nitrogens with one attached hydrogen (secondary N) is 2. The van der Waals surface area contributed by atoms with Crippen molar-refractivity contribution in [1.82, 2.24) is 15.3 Å². The van der Waals surface area contributed by atoms with Gasteiger partial charge in [-0.1, -0.05) is 56.3 Å². The fraction of sp³-hybridized carbons (Fsp3) is 0.240. The number of carbonyl (C=O) groups is 2. The Hall–Kier alpha value is -3.45. The molecule has 1 atom stereocenters. The van der Waals surface area contributed by atoms with Crippen LogP contribution in [0.15, 0.2) is 60.1 Å². The van der Waals surface area contributed by atoms with Crippen LogP contribution in [0.3, 0.4) is 0 Å². The van der Waals surface area contributed by atoms with Gasteiger partial charge in [-0.15, -0.1) is 11.3 Å². The molecule has 4 rings (SSSR count). The molecule has 0 fully saturated rings. The molecule has 0 aliphatic heterocycles. The minimum Gasteiger partial charge on any atom is -0.480 e. The number of carboxylic acid groups (broad SMARTS) is 1. The molecule has 6 nitrogen and oxygen atoms in total. The van der Waals surface area contributed by atoms with Crippen LogP contribution >= 0.6 is 11.3 Å². The maximum Gasteiger partial charge on any atom is 0.326 e. The van der Waals surface area contributed by atoms with E-state index < -0.39 is 12.0 Å². The van der Waals surface area contributed by atoms with Gasteiger partial charge >= 0.3 is 5.97 Å². The van der Waals surface area contributed by atoms with E-state index in [-0.39, 0.29) is 18.7 Å². The van der Waals surface area contributed by atoms with Crippen molar-refractivity contribution in [3.8, 4) is 10.6 Å². The maximum absolute atomic E-state index is 12.6. The molecular formula is C25H25N3O3S. The molecule has 2 aromatic heterocycles. The summed E-state index contributed by atoms with van der Waals surface area (Å²) < 4.78 is 0. The first-order chi connectivity index (χ1) is 15.4. The lowest BCUT2D eigenvalue weighted by Gasteiger charge is -2.14. The zero-order valence-corrected chi connectivity index (χ0v) is 18.8. The number of thiazole rings is 1. The zero-order valence-electron chi connectivity index (χ0n) is 18.0. The number of carbonyl (C=O) groups excluding carboxylic acids is 1. The Bertz CT molecular complexity index is 1240. The van der Waals surface area contributed by atoms with E-state index in [1.807, 2.05) is 41.8 Å². The van der Waals surface area contributed by atoms with E-state index in [1.165, 1.54) is 16.9 Å². The quantitative estimate of drug-likeness (QED) is 0.363. The van der Waals surface area contributed by atoms with E-state index in [0.29, 0.717) is 11.6 Å². The topological polar surface area (TPSA) is 95.1 Å². The average molecular weight is 448 g/mol. The summed E-state index contributed by atoms with van der Waals surface area (Å²) in [6, 6.07) is 15.0. The predicted octanol–water partition coefficient (Wildman–Crippen LogP) is 4.77. The van der Waals surface area contributed by atoms with Crippen molar-refractivity contribution in [2.45, 2.75) is 38.6 Å². The van der Waals surface area contributed by atoms with Gasteiger partial charge in [0.2, 0.25) is 5.91 Å². The van der Waals surface area contributed by atoms with Crippen molar-refractivity contribution in [3.05, 3.63) is 76.9 Å². The Kier molecular flexibility index (Phi) is 6.37. The number of benzene rings is 2. The lowest BCUT2D eigenvalue weighted by molar-refractivity contribution is -0.141. The number of amides is 1. The molecule has 2 aromatic carbocycles. The van der Waals surface area contributed by atoms with Gasteiger partial charge in [-0.3, -0.25) is 4.79 Å². The number of aliphatic carboxylic acids is 1. The summed E-state index contributed by atoms with van der Waals surface area (Å²) in [6.45, 7) is 4.30. The van der Waals surface area contributed by atoms with Gasteiger partial charge in [-0.25, -0.2) is 9.78 Å². The normalized spacial score (nSPS) is 12.2. The summed E-state index contributed by atoms with van der Waals surface area (Å²) in [5, 5.41) is 15.9. The number of H-pyrrole nitrogens is 1. The van der Waals surface area contributed by atoms with Gasteiger partial charge < -0.3 is 15.4 Å². The monoisotopic (exact) mass is 447 g/mol. The van der Waals surface area contributed by atoms with Crippen LogP contribution in [0.2, 0.25) is 0 Å². The molecule has 0 saturated carbocycles. The molecule has 0 aliphatic rings. The number of fused-ring (bicyclic) bond motifs is 1. The molecule has 0 aliphatic carbocycles. The van der Waals surface area contributed by atoms with Gasteiger partial charge in [0.05, 0.1) is 12.1 Å². The fourth-order valence-electron chi connectivity index (χ4n) is 3.66. The van der Waals surface area contributed by atoms with Crippen molar-refractivity contribution in [3.63, 3.8) is 0 Å². The molecule has 0 spiro atoms. The van der Waals surface area contributed by atoms with Gasteiger partial charge in [-0.05, 0) is 23.1 Å². The number of para-hydroxylation sites is 1. The maximum atomic E-state index is 12.6. The molecule has 7 heteroatoms. The van der Waals surface area contributed by atoms with Crippen LogP contribution in [-0.4, -0.2) is 33.0 Å². The van der Waals surface area contributed by atoms with E-state index in [2.05, 4.69) is 41.3 Å². The first-order valence-electron chi connectivity index (χ1n) is 10.5. The first kappa shape index (κ1) is 21.8. The van der Waals surface area contributed by atoms with Crippen molar-refractivity contribution in [1.29, 1.82) is 0 Å². The molecule has 0 saturated heterocycles. The minimum atomic E-state index is -1.06. The molecule has 32 heavy (non-hydrogen) atoms. The van der Waals surface area contributed by atoms with Crippen molar-refractivity contribution in [2.75, 3.05) is 0 Å². The third-order valence-corrected chi connectivity index (χ3v) is 6.39. The van der Waals surface area contributed by atoms with E-state index in [9.17, 15) is 14.7 Å². The number of hydrogen-bond donors (Lipinski definition) is 3. The lowest BCUT2D eigenvalue weighted by Crippen LogP contribution is -2.43. The van der Waals surface area contributed by atoms with Crippen LogP contribution in [0.4, 0.5) is 0 Å². The Morgan fingerprint density at radius 2 is 1.88 bits per heavy atom. The largest absolute Gasteiger partial charge is 0.480 e. The molecule has 3 N–H and O–H groups in total.